The third-order valence-corrected chi connectivity index (χ3v) is 12.7. The van der Waals surface area contributed by atoms with Gasteiger partial charge in [-0.05, 0) is 83.5 Å². The van der Waals surface area contributed by atoms with Gasteiger partial charge in [-0.15, -0.1) is 0 Å². The molecule has 0 N–H and O–H groups in total. The number of likely N-dealkylation sites (N-methyl/N-ethyl adjacent to an activating group) is 1. The number of carbonyl (C=O) groups excluding carboxylic acids is 1. The zero-order chi connectivity index (χ0) is 49.0. The molecule has 0 rings (SSSR count). The Bertz CT molecular complexity index is 1300. The van der Waals surface area contributed by atoms with Gasteiger partial charge in [0.05, 0.1) is 34.4 Å². The molecule has 0 radical (unpaired) electrons. The number of hydrogen-bond donors (Lipinski definition) is 0. The summed E-state index contributed by atoms with van der Waals surface area (Å²) in [5.74, 6) is -0.343. The summed E-state index contributed by atoms with van der Waals surface area (Å²) in [6.45, 7) is 5.29. The zero-order valence-corrected chi connectivity index (χ0v) is 45.2. The summed E-state index contributed by atoms with van der Waals surface area (Å²) in [5.41, 5.74) is 0. The molecule has 0 bridgehead atoms. The van der Waals surface area contributed by atoms with E-state index in [4.69, 9.17) is 18.5 Å². The highest BCUT2D eigenvalue weighted by Gasteiger charge is 2.20. The second-order valence-electron chi connectivity index (χ2n) is 19.6. The van der Waals surface area contributed by atoms with Gasteiger partial charge in [-0.2, -0.15) is 0 Å². The van der Waals surface area contributed by atoms with Gasteiger partial charge in [0.1, 0.15) is 19.3 Å². The number of allylic oxidation sites excluding steroid dienone is 12. The Kier molecular flexibility index (Phi) is 48.8. The van der Waals surface area contributed by atoms with E-state index in [-0.39, 0.29) is 25.8 Å². The Balaban J connectivity index is 4.12. The molecular weight excluding hydrogens is 854 g/mol. The maximum atomic E-state index is 12.8. The third-order valence-electron chi connectivity index (χ3n) is 11.7. The SMILES string of the molecule is CC/C=C\C/C=C\C/C=C\C/C=C\CCCCCCCCCCC(=O)OC(COCCCCCCCCCCCCCC/C=C\C/C=C\CCCCCCC)COP(=O)([O-])OCC[N+](C)(C)C. The van der Waals surface area contributed by atoms with Crippen molar-refractivity contribution in [1.82, 2.24) is 0 Å². The van der Waals surface area contributed by atoms with Crippen molar-refractivity contribution in [3.63, 3.8) is 0 Å². The smallest absolute Gasteiger partial charge is 0.306 e. The fourth-order valence-corrected chi connectivity index (χ4v) is 8.24. The van der Waals surface area contributed by atoms with E-state index in [1.807, 2.05) is 21.1 Å². The van der Waals surface area contributed by atoms with Crippen LogP contribution in [-0.4, -0.2) is 70.7 Å². The highest BCUT2D eigenvalue weighted by atomic mass is 31.2. The van der Waals surface area contributed by atoms with Gasteiger partial charge in [0.2, 0.25) is 0 Å². The van der Waals surface area contributed by atoms with Gasteiger partial charge in [0.25, 0.3) is 7.82 Å². The number of phosphoric ester groups is 1. The molecule has 0 saturated heterocycles. The summed E-state index contributed by atoms with van der Waals surface area (Å²) < 4.78 is 34.8. The quantitative estimate of drug-likeness (QED) is 0.0197. The molecule has 0 amide bonds. The summed E-state index contributed by atoms with van der Waals surface area (Å²) in [6.07, 6.45) is 66.5. The van der Waals surface area contributed by atoms with Crippen LogP contribution in [0.15, 0.2) is 72.9 Å². The maximum Gasteiger partial charge on any atom is 0.306 e. The normalized spacial score (nSPS) is 14.1. The molecule has 0 aliphatic carbocycles. The summed E-state index contributed by atoms with van der Waals surface area (Å²) in [6, 6.07) is 0. The molecule has 8 nitrogen and oxygen atoms in total. The lowest BCUT2D eigenvalue weighted by Gasteiger charge is -2.28. The van der Waals surface area contributed by atoms with Crippen molar-refractivity contribution in [3.8, 4) is 0 Å². The molecule has 67 heavy (non-hydrogen) atoms. The molecule has 2 atom stereocenters. The first kappa shape index (κ1) is 64.9. The monoisotopic (exact) mass is 960 g/mol. The molecule has 9 heteroatoms. The summed E-state index contributed by atoms with van der Waals surface area (Å²) >= 11 is 0. The number of ether oxygens (including phenoxy) is 2. The number of hydrogen-bond acceptors (Lipinski definition) is 7. The van der Waals surface area contributed by atoms with E-state index in [0.717, 1.165) is 70.6 Å². The van der Waals surface area contributed by atoms with E-state index < -0.39 is 13.9 Å². The Hall–Kier alpha value is -2.06. The van der Waals surface area contributed by atoms with E-state index in [2.05, 4.69) is 86.8 Å². The van der Waals surface area contributed by atoms with Crippen LogP contribution in [0.5, 0.6) is 0 Å². The van der Waals surface area contributed by atoms with Crippen molar-refractivity contribution in [3.05, 3.63) is 72.9 Å². The minimum atomic E-state index is -4.54. The average molecular weight is 960 g/mol. The molecule has 0 aromatic heterocycles. The van der Waals surface area contributed by atoms with Crippen LogP contribution in [0.4, 0.5) is 0 Å². The van der Waals surface area contributed by atoms with Gasteiger partial charge in [-0.3, -0.25) is 9.36 Å². The fourth-order valence-electron chi connectivity index (χ4n) is 7.51. The van der Waals surface area contributed by atoms with Crippen LogP contribution in [0.3, 0.4) is 0 Å². The number of nitrogens with zero attached hydrogens (tertiary/aromatic N) is 1. The van der Waals surface area contributed by atoms with E-state index in [0.29, 0.717) is 24.1 Å². The van der Waals surface area contributed by atoms with E-state index in [1.165, 1.54) is 141 Å². The van der Waals surface area contributed by atoms with Crippen molar-refractivity contribution in [1.29, 1.82) is 0 Å². The largest absolute Gasteiger partial charge is 0.756 e. The van der Waals surface area contributed by atoms with Crippen molar-refractivity contribution < 1.29 is 37.3 Å². The highest BCUT2D eigenvalue weighted by Crippen LogP contribution is 2.38. The maximum absolute atomic E-state index is 12.8. The van der Waals surface area contributed by atoms with Gasteiger partial charge in [0.15, 0.2) is 0 Å². The predicted molar refractivity (Wildman–Crippen MR) is 286 cm³/mol. The number of carbonyl (C=O) groups is 1. The van der Waals surface area contributed by atoms with Crippen LogP contribution in [0.2, 0.25) is 0 Å². The lowest BCUT2D eigenvalue weighted by molar-refractivity contribution is -0.870. The third kappa shape index (κ3) is 54.7. The second-order valence-corrected chi connectivity index (χ2v) is 21.0. The van der Waals surface area contributed by atoms with E-state index in [1.54, 1.807) is 0 Å². The van der Waals surface area contributed by atoms with Gasteiger partial charge in [0, 0.05) is 13.0 Å². The van der Waals surface area contributed by atoms with Gasteiger partial charge < -0.3 is 27.9 Å². The van der Waals surface area contributed by atoms with Crippen molar-refractivity contribution in [2.75, 3.05) is 54.1 Å². The first-order valence-electron chi connectivity index (χ1n) is 27.7. The van der Waals surface area contributed by atoms with Gasteiger partial charge >= 0.3 is 5.97 Å². The lowest BCUT2D eigenvalue weighted by atomic mass is 10.0. The molecule has 2 unspecified atom stereocenters. The molecule has 0 spiro atoms. The van der Waals surface area contributed by atoms with Crippen LogP contribution < -0.4 is 4.89 Å². The second kappa shape index (κ2) is 50.3. The number of rotatable bonds is 51. The van der Waals surface area contributed by atoms with Gasteiger partial charge in [-0.1, -0.05) is 215 Å². The summed E-state index contributed by atoms with van der Waals surface area (Å²) in [7, 11) is 1.35. The molecule has 0 heterocycles. The Morgan fingerprint density at radius 3 is 1.30 bits per heavy atom. The number of phosphoric acid groups is 1. The lowest BCUT2D eigenvalue weighted by Crippen LogP contribution is -2.37. The molecule has 0 fully saturated rings. The topological polar surface area (TPSA) is 94.1 Å². The Morgan fingerprint density at radius 1 is 0.478 bits per heavy atom. The average Bonchev–Trinajstić information content (AvgIpc) is 3.29. The van der Waals surface area contributed by atoms with Crippen LogP contribution in [0.1, 0.15) is 232 Å². The van der Waals surface area contributed by atoms with Crippen LogP contribution in [0, 0.1) is 0 Å². The highest BCUT2D eigenvalue weighted by molar-refractivity contribution is 7.45. The van der Waals surface area contributed by atoms with Crippen molar-refractivity contribution in [2.45, 2.75) is 238 Å². The molecular formula is C58H106NO7P. The molecule has 0 aliphatic rings. The predicted octanol–water partition coefficient (Wildman–Crippen LogP) is 16.8. The number of unbranched alkanes of at least 4 members (excludes halogenated alkanes) is 25. The Labute approximate surface area is 414 Å². The minimum Gasteiger partial charge on any atom is -0.756 e. The first-order valence-corrected chi connectivity index (χ1v) is 29.1. The molecule has 0 saturated carbocycles. The molecule has 0 aromatic carbocycles. The summed E-state index contributed by atoms with van der Waals surface area (Å²) in [4.78, 5) is 25.2. The zero-order valence-electron chi connectivity index (χ0n) is 44.3. The Morgan fingerprint density at radius 2 is 0.866 bits per heavy atom. The standard InChI is InChI=1S/C58H106NO7P/c1-6-8-10-12-14-16-18-20-22-24-26-28-29-30-32-34-36-38-40-42-44-46-48-50-53-63-55-57(56-65-67(61,62)64-54-52-59(3,4)5)66-58(60)51-49-47-45-43-41-39-37-35-33-31-27-25-23-21-19-17-15-13-11-9-7-2/h9,11,15,17-18,20-21,23-24,26-27,31,57H,6-8,10,12-14,16,19,22,25,28-30,32-56H2,1-5H3/b11-9-,17-15-,20-18-,23-21-,26-24-,31-27-. The van der Waals surface area contributed by atoms with E-state index in [9.17, 15) is 14.3 Å². The fraction of sp³-hybridized carbons (Fsp3) is 0.776. The molecule has 0 aliphatic heterocycles. The van der Waals surface area contributed by atoms with E-state index >= 15 is 0 Å². The first-order chi connectivity index (χ1) is 32.6. The van der Waals surface area contributed by atoms with Crippen molar-refractivity contribution in [2.24, 2.45) is 0 Å². The summed E-state index contributed by atoms with van der Waals surface area (Å²) in [5, 5.41) is 0. The van der Waals surface area contributed by atoms with Crippen LogP contribution in [-0.2, 0) is 27.9 Å². The van der Waals surface area contributed by atoms with Gasteiger partial charge in [-0.25, -0.2) is 0 Å². The molecule has 390 valence electrons. The van der Waals surface area contributed by atoms with Crippen LogP contribution >= 0.6 is 7.82 Å². The minimum absolute atomic E-state index is 0.0214. The van der Waals surface area contributed by atoms with Crippen molar-refractivity contribution >= 4 is 13.8 Å². The number of quaternary nitrogens is 1. The number of esters is 1. The van der Waals surface area contributed by atoms with Crippen LogP contribution in [0.25, 0.3) is 0 Å². The molecule has 0 aromatic rings.